The van der Waals surface area contributed by atoms with E-state index >= 15 is 0 Å². The molecule has 0 unspecified atom stereocenters. The van der Waals surface area contributed by atoms with E-state index in [4.69, 9.17) is 0 Å². The maximum Gasteiger partial charge on any atom is 0.346 e. The molecule has 1 aromatic heterocycles. The van der Waals surface area contributed by atoms with Gasteiger partial charge in [-0.3, -0.25) is 14.2 Å². The Morgan fingerprint density at radius 2 is 1.88 bits per heavy atom. The number of thioether (sulfide) groups is 1. The number of nitrogens with zero attached hydrogens (tertiary/aromatic N) is 4. The Kier molecular flexibility index (Phi) is 5.92. The van der Waals surface area contributed by atoms with E-state index in [1.807, 2.05) is 31.2 Å². The Morgan fingerprint density at radius 1 is 1.24 bits per heavy atom. The molecular formula is C16H19N5O3S. The van der Waals surface area contributed by atoms with Gasteiger partial charge in [0, 0.05) is 14.1 Å². The number of amides is 1. The summed E-state index contributed by atoms with van der Waals surface area (Å²) in [4.78, 5) is 35.4. The van der Waals surface area contributed by atoms with Gasteiger partial charge in [-0.25, -0.2) is 14.9 Å². The van der Waals surface area contributed by atoms with Crippen LogP contribution in [-0.4, -0.2) is 31.7 Å². The van der Waals surface area contributed by atoms with E-state index in [1.54, 1.807) is 6.92 Å². The van der Waals surface area contributed by atoms with Crippen LogP contribution in [0.25, 0.3) is 0 Å². The second kappa shape index (κ2) is 7.93. The normalized spacial score (nSPS) is 11.4. The minimum Gasteiger partial charge on any atom is -0.272 e. The second-order valence-electron chi connectivity index (χ2n) is 5.46. The van der Waals surface area contributed by atoms with Crippen LogP contribution in [0.1, 0.15) is 18.1 Å². The van der Waals surface area contributed by atoms with Crippen LogP contribution in [0, 0.1) is 6.92 Å². The number of hydrogen-bond donors (Lipinski definition) is 1. The Bertz CT molecular complexity index is 928. The summed E-state index contributed by atoms with van der Waals surface area (Å²) in [5, 5.41) is 8.01. The molecule has 132 valence electrons. The topological polar surface area (TPSA) is 98.3 Å². The van der Waals surface area contributed by atoms with E-state index < -0.39 is 11.2 Å². The summed E-state index contributed by atoms with van der Waals surface area (Å²) in [6.45, 7) is 3.79. The van der Waals surface area contributed by atoms with E-state index in [0.717, 1.165) is 32.1 Å². The van der Waals surface area contributed by atoms with E-state index in [-0.39, 0.29) is 16.7 Å². The van der Waals surface area contributed by atoms with Gasteiger partial charge in [-0.1, -0.05) is 41.6 Å². The third-order valence-electron chi connectivity index (χ3n) is 3.45. The minimum absolute atomic E-state index is 0.0366. The lowest BCUT2D eigenvalue weighted by Crippen LogP contribution is -2.39. The Morgan fingerprint density at radius 3 is 2.52 bits per heavy atom. The average molecular weight is 361 g/mol. The smallest absolute Gasteiger partial charge is 0.272 e. The zero-order valence-electron chi connectivity index (χ0n) is 14.4. The van der Waals surface area contributed by atoms with Crippen molar-refractivity contribution in [1.82, 2.24) is 19.8 Å². The molecule has 9 heteroatoms. The summed E-state index contributed by atoms with van der Waals surface area (Å²) in [6, 6.07) is 7.78. The molecule has 0 saturated carbocycles. The summed E-state index contributed by atoms with van der Waals surface area (Å²) in [5.74, 6) is -0.403. The summed E-state index contributed by atoms with van der Waals surface area (Å²) < 4.78 is 2.01. The number of rotatable bonds is 5. The van der Waals surface area contributed by atoms with Crippen LogP contribution in [0.2, 0.25) is 0 Å². The fourth-order valence-corrected chi connectivity index (χ4v) is 2.70. The van der Waals surface area contributed by atoms with Crippen LogP contribution in [0.5, 0.6) is 0 Å². The largest absolute Gasteiger partial charge is 0.346 e. The lowest BCUT2D eigenvalue weighted by Gasteiger charge is -2.05. The standard InChI is InChI=1S/C16H19N5O3S/c1-10-5-7-12(8-6-10)11(2)17-18-13(22)9-25-14-15(23)20(3)16(24)21(4)19-14/h5-8H,9H2,1-4H3,(H,18,22)/b17-11-. The molecule has 1 aromatic carbocycles. The molecular weight excluding hydrogens is 342 g/mol. The molecule has 0 spiro atoms. The highest BCUT2D eigenvalue weighted by molar-refractivity contribution is 7.99. The van der Waals surface area contributed by atoms with Gasteiger partial charge in [0.1, 0.15) is 0 Å². The molecule has 8 nitrogen and oxygen atoms in total. The van der Waals surface area contributed by atoms with Crippen molar-refractivity contribution < 1.29 is 4.79 Å². The molecule has 2 rings (SSSR count). The molecule has 0 aliphatic heterocycles. The minimum atomic E-state index is -0.528. The molecule has 25 heavy (non-hydrogen) atoms. The number of nitrogens with one attached hydrogen (secondary N) is 1. The van der Waals surface area contributed by atoms with Crippen molar-refractivity contribution in [2.24, 2.45) is 19.2 Å². The van der Waals surface area contributed by atoms with E-state index in [2.05, 4.69) is 15.6 Å². The molecule has 0 saturated heterocycles. The van der Waals surface area contributed by atoms with E-state index in [9.17, 15) is 14.4 Å². The number of hydrazone groups is 1. The van der Waals surface area contributed by atoms with Gasteiger partial charge in [-0.15, -0.1) is 0 Å². The fraction of sp³-hybridized carbons (Fsp3) is 0.312. The average Bonchev–Trinajstić information content (AvgIpc) is 2.60. The number of hydrogen-bond acceptors (Lipinski definition) is 6. The lowest BCUT2D eigenvalue weighted by molar-refractivity contribution is -0.118. The van der Waals surface area contributed by atoms with Crippen molar-refractivity contribution in [3.05, 3.63) is 56.2 Å². The first-order chi connectivity index (χ1) is 11.8. The zero-order valence-corrected chi connectivity index (χ0v) is 15.3. The molecule has 1 amide bonds. The number of benzene rings is 1. The predicted molar refractivity (Wildman–Crippen MR) is 97.0 cm³/mol. The second-order valence-corrected chi connectivity index (χ2v) is 6.43. The highest BCUT2D eigenvalue weighted by atomic mass is 32.2. The monoisotopic (exact) mass is 361 g/mol. The van der Waals surface area contributed by atoms with Gasteiger partial charge < -0.3 is 0 Å². The van der Waals surface area contributed by atoms with Crippen LogP contribution in [0.3, 0.4) is 0 Å². The van der Waals surface area contributed by atoms with Crippen LogP contribution < -0.4 is 16.7 Å². The fourth-order valence-electron chi connectivity index (χ4n) is 1.93. The van der Waals surface area contributed by atoms with Gasteiger partial charge in [0.25, 0.3) is 5.56 Å². The van der Waals surface area contributed by atoms with Crippen LogP contribution in [-0.2, 0) is 18.9 Å². The third kappa shape index (κ3) is 4.66. The van der Waals surface area contributed by atoms with Gasteiger partial charge in [0.2, 0.25) is 5.91 Å². The first-order valence-electron chi connectivity index (χ1n) is 7.47. The van der Waals surface area contributed by atoms with Crippen molar-refractivity contribution in [3.63, 3.8) is 0 Å². The highest BCUT2D eigenvalue weighted by Crippen LogP contribution is 2.08. The molecule has 0 bridgehead atoms. The van der Waals surface area contributed by atoms with Crippen LogP contribution in [0.4, 0.5) is 0 Å². The first-order valence-corrected chi connectivity index (χ1v) is 8.45. The van der Waals surface area contributed by atoms with Crippen LogP contribution in [0.15, 0.2) is 44.0 Å². The molecule has 1 heterocycles. The highest BCUT2D eigenvalue weighted by Gasteiger charge is 2.11. The zero-order chi connectivity index (χ0) is 18.6. The summed E-state index contributed by atoms with van der Waals surface area (Å²) >= 11 is 0.956. The van der Waals surface area contributed by atoms with Gasteiger partial charge in [-0.05, 0) is 19.4 Å². The van der Waals surface area contributed by atoms with Crippen molar-refractivity contribution in [2.45, 2.75) is 18.9 Å². The summed E-state index contributed by atoms with van der Waals surface area (Å²) in [7, 11) is 2.81. The van der Waals surface area contributed by atoms with E-state index in [0.29, 0.717) is 5.71 Å². The van der Waals surface area contributed by atoms with Gasteiger partial charge in [0.15, 0.2) is 5.03 Å². The van der Waals surface area contributed by atoms with E-state index in [1.165, 1.54) is 14.1 Å². The predicted octanol–water partition coefficient (Wildman–Crippen LogP) is 0.420. The molecule has 0 aliphatic rings. The van der Waals surface area contributed by atoms with Crippen LogP contribution >= 0.6 is 11.8 Å². The van der Waals surface area contributed by atoms with Crippen molar-refractivity contribution in [1.29, 1.82) is 0 Å². The molecule has 0 aliphatic carbocycles. The summed E-state index contributed by atoms with van der Waals surface area (Å²) in [6.07, 6.45) is 0. The number of aromatic nitrogens is 3. The molecule has 2 aromatic rings. The first kappa shape index (κ1) is 18.7. The maximum atomic E-state index is 11.9. The molecule has 0 fully saturated rings. The number of aryl methyl sites for hydroxylation is 2. The Balaban J connectivity index is 2.00. The molecule has 1 N–H and O–H groups in total. The molecule has 0 radical (unpaired) electrons. The van der Waals surface area contributed by atoms with Crippen molar-refractivity contribution in [3.8, 4) is 0 Å². The van der Waals surface area contributed by atoms with Gasteiger partial charge in [0.05, 0.1) is 11.5 Å². The van der Waals surface area contributed by atoms with Crippen molar-refractivity contribution in [2.75, 3.05) is 5.75 Å². The number of carbonyl (C=O) groups is 1. The Labute approximate surface area is 148 Å². The maximum absolute atomic E-state index is 11.9. The van der Waals surface area contributed by atoms with Gasteiger partial charge in [-0.2, -0.15) is 10.2 Å². The quantitative estimate of drug-likeness (QED) is 0.473. The number of carbonyl (C=O) groups excluding carboxylic acids is 1. The van der Waals surface area contributed by atoms with Crippen molar-refractivity contribution >= 4 is 23.4 Å². The van der Waals surface area contributed by atoms with Gasteiger partial charge >= 0.3 is 5.69 Å². The lowest BCUT2D eigenvalue weighted by atomic mass is 10.1. The third-order valence-corrected chi connectivity index (χ3v) is 4.39. The SMILES string of the molecule is C/C(=N/NC(=O)CSc1nn(C)c(=O)n(C)c1=O)c1ccc(C)cc1. The Hall–Kier alpha value is -2.68. The molecule has 0 atom stereocenters. The summed E-state index contributed by atoms with van der Waals surface area (Å²) in [5.41, 5.74) is 4.13.